The molecule has 0 saturated carbocycles. The predicted octanol–water partition coefficient (Wildman–Crippen LogP) is 2.89. The molecule has 5 heteroatoms. The van der Waals surface area contributed by atoms with Crippen LogP contribution in [0.25, 0.3) is 0 Å². The van der Waals surface area contributed by atoms with Gasteiger partial charge in [0.1, 0.15) is 0 Å². The molecule has 114 valence electrons. The van der Waals surface area contributed by atoms with Crippen LogP contribution in [0.3, 0.4) is 0 Å². The molecule has 0 aromatic heterocycles. The van der Waals surface area contributed by atoms with Gasteiger partial charge in [-0.1, -0.05) is 18.2 Å². The van der Waals surface area contributed by atoms with Crippen LogP contribution in [0.2, 0.25) is 0 Å². The van der Waals surface area contributed by atoms with E-state index in [0.717, 1.165) is 11.4 Å². The van der Waals surface area contributed by atoms with Crippen LogP contribution in [-0.4, -0.2) is 17.9 Å². The van der Waals surface area contributed by atoms with Gasteiger partial charge in [0.05, 0.1) is 0 Å². The van der Waals surface area contributed by atoms with Crippen LogP contribution in [0.15, 0.2) is 54.6 Å². The largest absolute Gasteiger partial charge is 0.356 e. The lowest BCUT2D eigenvalue weighted by Crippen LogP contribution is -2.39. The molecule has 22 heavy (non-hydrogen) atoms. The molecule has 0 radical (unpaired) electrons. The summed E-state index contributed by atoms with van der Waals surface area (Å²) in [5, 5.41) is 8.34. The Morgan fingerprint density at radius 2 is 1.32 bits per heavy atom. The summed E-state index contributed by atoms with van der Waals surface area (Å²) in [6, 6.07) is 16.9. The minimum atomic E-state index is -0.669. The van der Waals surface area contributed by atoms with Gasteiger partial charge in [-0.25, -0.2) is 0 Å². The van der Waals surface area contributed by atoms with Gasteiger partial charge in [-0.3, -0.25) is 9.59 Å². The molecule has 2 amide bonds. The lowest BCUT2D eigenvalue weighted by molar-refractivity contribution is -0.136. The second-order valence-electron chi connectivity index (χ2n) is 5.15. The summed E-state index contributed by atoms with van der Waals surface area (Å²) in [4.78, 5) is 23.2. The molecule has 0 spiro atoms. The van der Waals surface area contributed by atoms with Gasteiger partial charge in [-0.15, -0.1) is 0 Å². The first kappa shape index (κ1) is 15.6. The summed E-state index contributed by atoms with van der Waals surface area (Å²) in [5.41, 5.74) is 2.45. The average molecular weight is 297 g/mol. The van der Waals surface area contributed by atoms with E-state index in [1.807, 2.05) is 42.5 Å². The van der Waals surface area contributed by atoms with E-state index in [2.05, 4.69) is 16.0 Å². The highest BCUT2D eigenvalue weighted by Gasteiger charge is 2.14. The Morgan fingerprint density at radius 3 is 1.91 bits per heavy atom. The van der Waals surface area contributed by atoms with Crippen LogP contribution in [0.4, 0.5) is 17.1 Å². The predicted molar refractivity (Wildman–Crippen MR) is 88.1 cm³/mol. The van der Waals surface area contributed by atoms with Crippen molar-refractivity contribution in [2.24, 2.45) is 0 Å². The Kier molecular flexibility index (Phi) is 5.14. The minimum Gasteiger partial charge on any atom is -0.356 e. The molecule has 0 bridgehead atoms. The lowest BCUT2D eigenvalue weighted by atomic mass is 10.2. The number of hydrogen-bond donors (Lipinski definition) is 3. The number of benzene rings is 2. The van der Waals surface area contributed by atoms with E-state index in [0.29, 0.717) is 5.69 Å². The molecular weight excluding hydrogens is 278 g/mol. The maximum Gasteiger partial charge on any atom is 0.313 e. The normalized spacial score (nSPS) is 10.1. The smallest absolute Gasteiger partial charge is 0.313 e. The number of amides is 2. The van der Waals surface area contributed by atoms with Gasteiger partial charge < -0.3 is 16.0 Å². The van der Waals surface area contributed by atoms with Crippen LogP contribution in [0.1, 0.15) is 13.8 Å². The Bertz CT molecular complexity index is 637. The van der Waals surface area contributed by atoms with Crippen LogP contribution >= 0.6 is 0 Å². The Balaban J connectivity index is 1.94. The van der Waals surface area contributed by atoms with Crippen molar-refractivity contribution in [3.8, 4) is 0 Å². The second-order valence-corrected chi connectivity index (χ2v) is 5.15. The van der Waals surface area contributed by atoms with Crippen molar-refractivity contribution >= 4 is 28.9 Å². The van der Waals surface area contributed by atoms with E-state index >= 15 is 0 Å². The molecule has 0 heterocycles. The Morgan fingerprint density at radius 1 is 0.773 bits per heavy atom. The van der Waals surface area contributed by atoms with Gasteiger partial charge in [-0.2, -0.15) is 0 Å². The summed E-state index contributed by atoms with van der Waals surface area (Å²) < 4.78 is 0. The maximum atomic E-state index is 11.7. The van der Waals surface area contributed by atoms with E-state index in [1.54, 1.807) is 26.0 Å². The molecule has 2 rings (SSSR count). The lowest BCUT2D eigenvalue weighted by Gasteiger charge is -2.10. The summed E-state index contributed by atoms with van der Waals surface area (Å²) in [7, 11) is 0. The Labute approximate surface area is 129 Å². The molecule has 0 saturated heterocycles. The van der Waals surface area contributed by atoms with E-state index in [-0.39, 0.29) is 6.04 Å². The molecule has 2 aromatic rings. The van der Waals surface area contributed by atoms with Gasteiger partial charge in [0.15, 0.2) is 0 Å². The first-order valence-electron chi connectivity index (χ1n) is 7.08. The first-order chi connectivity index (χ1) is 10.5. The van der Waals surface area contributed by atoms with Crippen molar-refractivity contribution in [3.63, 3.8) is 0 Å². The molecule has 0 aliphatic heterocycles. The monoisotopic (exact) mass is 297 g/mol. The molecule has 0 aliphatic carbocycles. The third-order valence-electron chi connectivity index (χ3n) is 2.83. The highest BCUT2D eigenvalue weighted by atomic mass is 16.2. The summed E-state index contributed by atoms with van der Waals surface area (Å²) in [5.74, 6) is -1.31. The van der Waals surface area contributed by atoms with Crippen LogP contribution in [0.5, 0.6) is 0 Å². The summed E-state index contributed by atoms with van der Waals surface area (Å²) in [6.45, 7) is 3.60. The zero-order valence-electron chi connectivity index (χ0n) is 12.6. The van der Waals surface area contributed by atoms with Gasteiger partial charge >= 0.3 is 11.8 Å². The topological polar surface area (TPSA) is 70.2 Å². The highest BCUT2D eigenvalue weighted by Crippen LogP contribution is 2.18. The molecular formula is C17H19N3O2. The molecule has 2 aromatic carbocycles. The maximum absolute atomic E-state index is 11.7. The molecule has 0 unspecified atom stereocenters. The SMILES string of the molecule is CC(C)NC(=O)C(=O)Nc1ccc(Nc2ccccc2)cc1. The fourth-order valence-corrected chi connectivity index (χ4v) is 1.84. The first-order valence-corrected chi connectivity index (χ1v) is 7.08. The van der Waals surface area contributed by atoms with E-state index in [9.17, 15) is 9.59 Å². The van der Waals surface area contributed by atoms with Gasteiger partial charge in [0, 0.05) is 23.1 Å². The quantitative estimate of drug-likeness (QED) is 0.760. The second kappa shape index (κ2) is 7.26. The molecule has 3 N–H and O–H groups in total. The number of carbonyl (C=O) groups excluding carboxylic acids is 2. The number of rotatable bonds is 4. The molecule has 5 nitrogen and oxygen atoms in total. The third-order valence-corrected chi connectivity index (χ3v) is 2.83. The molecule has 0 atom stereocenters. The summed E-state index contributed by atoms with van der Waals surface area (Å²) in [6.07, 6.45) is 0. The number of anilines is 3. The van der Waals surface area contributed by atoms with Crippen molar-refractivity contribution in [1.82, 2.24) is 5.32 Å². The zero-order chi connectivity index (χ0) is 15.9. The number of para-hydroxylation sites is 1. The van der Waals surface area contributed by atoms with Crippen molar-refractivity contribution < 1.29 is 9.59 Å². The van der Waals surface area contributed by atoms with Gasteiger partial charge in [0.2, 0.25) is 0 Å². The Hall–Kier alpha value is -2.82. The number of carbonyl (C=O) groups is 2. The standard InChI is InChI=1S/C17H19N3O2/c1-12(2)18-16(21)17(22)20-15-10-8-14(9-11-15)19-13-6-4-3-5-7-13/h3-12,19H,1-2H3,(H,18,21)(H,20,22). The number of nitrogens with one attached hydrogen (secondary N) is 3. The number of hydrogen-bond acceptors (Lipinski definition) is 3. The van der Waals surface area contributed by atoms with Crippen molar-refractivity contribution in [2.45, 2.75) is 19.9 Å². The zero-order valence-corrected chi connectivity index (χ0v) is 12.6. The third kappa shape index (κ3) is 4.63. The highest BCUT2D eigenvalue weighted by molar-refractivity contribution is 6.39. The minimum absolute atomic E-state index is 0.0734. The fourth-order valence-electron chi connectivity index (χ4n) is 1.84. The average Bonchev–Trinajstić information content (AvgIpc) is 2.49. The van der Waals surface area contributed by atoms with Crippen LogP contribution < -0.4 is 16.0 Å². The van der Waals surface area contributed by atoms with E-state index in [4.69, 9.17) is 0 Å². The fraction of sp³-hybridized carbons (Fsp3) is 0.176. The molecule has 0 aliphatic rings. The van der Waals surface area contributed by atoms with Crippen molar-refractivity contribution in [1.29, 1.82) is 0 Å². The van der Waals surface area contributed by atoms with Gasteiger partial charge in [-0.05, 0) is 50.2 Å². The van der Waals surface area contributed by atoms with E-state index in [1.165, 1.54) is 0 Å². The molecule has 0 fully saturated rings. The van der Waals surface area contributed by atoms with Crippen LogP contribution in [0, 0.1) is 0 Å². The summed E-state index contributed by atoms with van der Waals surface area (Å²) >= 11 is 0. The van der Waals surface area contributed by atoms with Crippen molar-refractivity contribution in [2.75, 3.05) is 10.6 Å². The van der Waals surface area contributed by atoms with Gasteiger partial charge in [0.25, 0.3) is 0 Å². The van der Waals surface area contributed by atoms with Crippen LogP contribution in [-0.2, 0) is 9.59 Å². The van der Waals surface area contributed by atoms with Crippen molar-refractivity contribution in [3.05, 3.63) is 54.6 Å². The van der Waals surface area contributed by atoms with E-state index < -0.39 is 11.8 Å².